The van der Waals surface area contributed by atoms with Crippen LogP contribution in [-0.4, -0.2) is 0 Å². The van der Waals surface area contributed by atoms with Crippen molar-refractivity contribution in [3.8, 4) is 11.5 Å². The van der Waals surface area contributed by atoms with Gasteiger partial charge in [0.25, 0.3) is 0 Å². The van der Waals surface area contributed by atoms with Crippen molar-refractivity contribution in [2.45, 2.75) is 0 Å². The van der Waals surface area contributed by atoms with Crippen molar-refractivity contribution >= 4 is 12.2 Å². The molecule has 2 rings (SSSR count). The van der Waals surface area contributed by atoms with Crippen molar-refractivity contribution in [2.24, 2.45) is 0 Å². The number of para-hydroxylation sites is 2. The van der Waals surface area contributed by atoms with Gasteiger partial charge >= 0.3 is 0 Å². The molecule has 2 heteroatoms. The molecule has 0 unspecified atom stereocenters. The summed E-state index contributed by atoms with van der Waals surface area (Å²) in [6, 6.07) is 15.1. The van der Waals surface area contributed by atoms with E-state index in [-0.39, 0.29) is 0 Å². The summed E-state index contributed by atoms with van der Waals surface area (Å²) in [4.78, 5) is 10.7. The Morgan fingerprint density at radius 2 is 1.06 bits per heavy atom. The van der Waals surface area contributed by atoms with Crippen LogP contribution in [-0.2, 0) is 0 Å². The van der Waals surface area contributed by atoms with Gasteiger partial charge in [0.05, 0.1) is 0 Å². The van der Waals surface area contributed by atoms with Crippen LogP contribution >= 0.6 is 0 Å². The third kappa shape index (κ3) is 2.61. The summed E-state index contributed by atoms with van der Waals surface area (Å²) < 4.78 is 0. The zero-order valence-corrected chi connectivity index (χ0v) is 10.0. The maximum absolute atomic E-state index is 5.34. The molecule has 2 nitrogen and oxygen atoms in total. The van der Waals surface area contributed by atoms with Gasteiger partial charge in [-0.15, -0.1) is 0 Å². The molecular formula is C16H14O2. The lowest BCUT2D eigenvalue weighted by Gasteiger charge is -2.09. The summed E-state index contributed by atoms with van der Waals surface area (Å²) in [5, 5.41) is 0. The van der Waals surface area contributed by atoms with Crippen LogP contribution in [0.4, 0.5) is 0 Å². The van der Waals surface area contributed by atoms with E-state index in [0.29, 0.717) is 11.5 Å². The number of rotatable bonds is 5. The smallest absolute Gasteiger partial charge is 0.185 e. The summed E-state index contributed by atoms with van der Waals surface area (Å²) in [7, 11) is 0. The first-order chi connectivity index (χ1) is 8.85. The highest BCUT2D eigenvalue weighted by molar-refractivity contribution is 5.56. The largest absolute Gasteiger partial charge is 0.289 e. The van der Waals surface area contributed by atoms with Gasteiger partial charge in [-0.25, -0.2) is 0 Å². The molecule has 0 bridgehead atoms. The summed E-state index contributed by atoms with van der Waals surface area (Å²) in [6.45, 7) is 7.46. The third-order valence-electron chi connectivity index (χ3n) is 2.50. The summed E-state index contributed by atoms with van der Waals surface area (Å²) in [6.07, 6.45) is 3.44. The molecule has 0 heterocycles. The number of hydrogen-bond acceptors (Lipinski definition) is 2. The van der Waals surface area contributed by atoms with Crippen LogP contribution in [0.2, 0.25) is 0 Å². The third-order valence-corrected chi connectivity index (χ3v) is 2.50. The van der Waals surface area contributed by atoms with Crippen LogP contribution in [0.3, 0.4) is 0 Å². The molecule has 2 aromatic rings. The molecule has 90 valence electrons. The molecule has 0 N–H and O–H groups in total. The Kier molecular flexibility index (Phi) is 3.82. The van der Waals surface area contributed by atoms with Crippen molar-refractivity contribution in [2.75, 3.05) is 0 Å². The van der Waals surface area contributed by atoms with Gasteiger partial charge in [0.2, 0.25) is 0 Å². The SMILES string of the molecule is C=Cc1ccccc1OOc1ccccc1C=C. The topological polar surface area (TPSA) is 18.5 Å². The number of benzene rings is 2. The Morgan fingerprint density at radius 3 is 1.44 bits per heavy atom. The Labute approximate surface area is 107 Å². The second-order valence-corrected chi connectivity index (χ2v) is 3.65. The van der Waals surface area contributed by atoms with E-state index in [9.17, 15) is 0 Å². The first-order valence-corrected chi connectivity index (χ1v) is 5.62. The Morgan fingerprint density at radius 1 is 0.667 bits per heavy atom. The van der Waals surface area contributed by atoms with Gasteiger partial charge in [0, 0.05) is 11.1 Å². The molecule has 0 spiro atoms. The molecule has 0 radical (unpaired) electrons. The van der Waals surface area contributed by atoms with Crippen molar-refractivity contribution in [1.82, 2.24) is 0 Å². The lowest BCUT2D eigenvalue weighted by molar-refractivity contribution is -0.100. The first kappa shape index (κ1) is 12.0. The molecule has 0 fully saturated rings. The Hall–Kier alpha value is -2.48. The van der Waals surface area contributed by atoms with E-state index >= 15 is 0 Å². The predicted octanol–water partition coefficient (Wildman–Crippen LogP) is 4.35. The highest BCUT2D eigenvalue weighted by atomic mass is 17.2. The standard InChI is InChI=1S/C16H14O2/c1-3-13-9-5-7-11-15(13)17-18-16-12-8-6-10-14(16)4-2/h3-12H,1-2H2. The Bertz CT molecular complexity index is 507. The van der Waals surface area contributed by atoms with Crippen LogP contribution < -0.4 is 9.78 Å². The quantitative estimate of drug-likeness (QED) is 0.569. The van der Waals surface area contributed by atoms with Crippen molar-refractivity contribution in [3.63, 3.8) is 0 Å². The first-order valence-electron chi connectivity index (χ1n) is 5.62. The summed E-state index contributed by atoms with van der Waals surface area (Å²) >= 11 is 0. The van der Waals surface area contributed by atoms with Gasteiger partial charge in [0.15, 0.2) is 11.5 Å². The molecule has 2 aromatic carbocycles. The second kappa shape index (κ2) is 5.73. The van der Waals surface area contributed by atoms with Crippen LogP contribution in [0.25, 0.3) is 12.2 Å². The molecule has 0 aliphatic carbocycles. The molecule has 0 aromatic heterocycles. The second-order valence-electron chi connectivity index (χ2n) is 3.65. The molecule has 0 saturated heterocycles. The van der Waals surface area contributed by atoms with Gasteiger partial charge < -0.3 is 0 Å². The molecule has 0 amide bonds. The van der Waals surface area contributed by atoms with Crippen LogP contribution in [0.5, 0.6) is 11.5 Å². The fourth-order valence-corrected chi connectivity index (χ4v) is 1.54. The highest BCUT2D eigenvalue weighted by Gasteiger charge is 2.04. The molecule has 0 saturated carbocycles. The zero-order valence-electron chi connectivity index (χ0n) is 10.0. The van der Waals surface area contributed by atoms with E-state index < -0.39 is 0 Å². The minimum absolute atomic E-state index is 0.631. The van der Waals surface area contributed by atoms with E-state index in [1.165, 1.54) is 0 Å². The molecule has 18 heavy (non-hydrogen) atoms. The average molecular weight is 238 g/mol. The summed E-state index contributed by atoms with van der Waals surface area (Å²) in [5.74, 6) is 1.26. The van der Waals surface area contributed by atoms with E-state index in [1.54, 1.807) is 12.2 Å². The van der Waals surface area contributed by atoms with Crippen LogP contribution in [0.1, 0.15) is 11.1 Å². The van der Waals surface area contributed by atoms with Gasteiger partial charge in [-0.1, -0.05) is 61.7 Å². The average Bonchev–Trinajstić information content (AvgIpc) is 2.45. The predicted molar refractivity (Wildman–Crippen MR) is 74.3 cm³/mol. The van der Waals surface area contributed by atoms with E-state index in [4.69, 9.17) is 9.78 Å². The minimum atomic E-state index is 0.631. The maximum Gasteiger partial charge on any atom is 0.185 e. The fraction of sp³-hybridized carbons (Fsp3) is 0. The molecule has 0 atom stereocenters. The van der Waals surface area contributed by atoms with E-state index in [0.717, 1.165) is 11.1 Å². The normalized spacial score (nSPS) is 9.56. The molecular weight excluding hydrogens is 224 g/mol. The van der Waals surface area contributed by atoms with Gasteiger partial charge in [-0.05, 0) is 12.1 Å². The van der Waals surface area contributed by atoms with Crippen LogP contribution in [0.15, 0.2) is 61.7 Å². The maximum atomic E-state index is 5.34. The lowest BCUT2D eigenvalue weighted by atomic mass is 10.2. The highest BCUT2D eigenvalue weighted by Crippen LogP contribution is 2.23. The van der Waals surface area contributed by atoms with Crippen molar-refractivity contribution < 1.29 is 9.78 Å². The van der Waals surface area contributed by atoms with Crippen molar-refractivity contribution in [1.29, 1.82) is 0 Å². The van der Waals surface area contributed by atoms with Gasteiger partial charge in [-0.2, -0.15) is 0 Å². The summed E-state index contributed by atoms with van der Waals surface area (Å²) in [5.41, 5.74) is 1.77. The minimum Gasteiger partial charge on any atom is -0.289 e. The fourth-order valence-electron chi connectivity index (χ4n) is 1.54. The number of hydrogen-bond donors (Lipinski definition) is 0. The monoisotopic (exact) mass is 238 g/mol. The zero-order chi connectivity index (χ0) is 12.8. The van der Waals surface area contributed by atoms with Gasteiger partial charge in [-0.3, -0.25) is 9.78 Å². The lowest BCUT2D eigenvalue weighted by Crippen LogP contribution is -2.02. The van der Waals surface area contributed by atoms with Crippen molar-refractivity contribution in [3.05, 3.63) is 72.8 Å². The van der Waals surface area contributed by atoms with Gasteiger partial charge in [0.1, 0.15) is 0 Å². The van der Waals surface area contributed by atoms with Crippen LogP contribution in [0, 0.1) is 0 Å². The molecule has 0 aliphatic rings. The van der Waals surface area contributed by atoms with E-state index in [1.807, 2.05) is 48.5 Å². The molecule has 0 aliphatic heterocycles. The Balaban J connectivity index is 2.16. The van der Waals surface area contributed by atoms with E-state index in [2.05, 4.69) is 13.2 Å².